The molecule has 0 aliphatic carbocycles. The summed E-state index contributed by atoms with van der Waals surface area (Å²) >= 11 is 3.35. The molecule has 22 heavy (non-hydrogen) atoms. The second-order valence-electron chi connectivity index (χ2n) is 4.39. The Morgan fingerprint density at radius 3 is 2.73 bits per heavy atom. The van der Waals surface area contributed by atoms with Crippen LogP contribution >= 0.6 is 15.9 Å². The second-order valence-corrected chi connectivity index (χ2v) is 5.30. The Balaban J connectivity index is 1.78. The number of amides is 1. The number of hydrogen-bond acceptors (Lipinski definition) is 4. The van der Waals surface area contributed by atoms with Crippen LogP contribution in [-0.4, -0.2) is 16.1 Å². The fourth-order valence-electron chi connectivity index (χ4n) is 1.81. The summed E-state index contributed by atoms with van der Waals surface area (Å²) in [5.74, 6) is -0.743. The molecule has 0 aliphatic heterocycles. The van der Waals surface area contributed by atoms with Crippen molar-refractivity contribution in [3.63, 3.8) is 0 Å². The molecule has 7 heteroatoms. The van der Waals surface area contributed by atoms with Crippen LogP contribution in [0.4, 0.5) is 10.4 Å². The van der Waals surface area contributed by atoms with E-state index >= 15 is 0 Å². The van der Waals surface area contributed by atoms with Crippen molar-refractivity contribution in [1.29, 1.82) is 0 Å². The van der Waals surface area contributed by atoms with Gasteiger partial charge in [0, 0.05) is 15.6 Å². The SMILES string of the molecule is O=C(Nc1nnc(-c2cccc(Br)c2)o1)c1cccc(F)c1. The van der Waals surface area contributed by atoms with Crippen molar-refractivity contribution in [2.75, 3.05) is 5.32 Å². The van der Waals surface area contributed by atoms with Gasteiger partial charge in [-0.3, -0.25) is 10.1 Å². The van der Waals surface area contributed by atoms with E-state index in [1.54, 1.807) is 6.07 Å². The lowest BCUT2D eigenvalue weighted by molar-refractivity contribution is 0.102. The van der Waals surface area contributed by atoms with Gasteiger partial charge in [-0.15, -0.1) is 5.10 Å². The number of anilines is 1. The van der Waals surface area contributed by atoms with Crippen LogP contribution < -0.4 is 5.32 Å². The van der Waals surface area contributed by atoms with E-state index in [2.05, 4.69) is 31.4 Å². The zero-order chi connectivity index (χ0) is 15.5. The average Bonchev–Trinajstić information content (AvgIpc) is 2.96. The molecule has 110 valence electrons. The van der Waals surface area contributed by atoms with Crippen LogP contribution in [0.1, 0.15) is 10.4 Å². The lowest BCUT2D eigenvalue weighted by Gasteiger charge is -2.00. The molecule has 0 spiro atoms. The largest absolute Gasteiger partial charge is 0.403 e. The Kier molecular flexibility index (Phi) is 3.97. The lowest BCUT2D eigenvalue weighted by Crippen LogP contribution is -2.12. The molecule has 1 heterocycles. The summed E-state index contributed by atoms with van der Waals surface area (Å²) in [6.45, 7) is 0. The van der Waals surface area contributed by atoms with E-state index in [1.807, 2.05) is 18.2 Å². The highest BCUT2D eigenvalue weighted by molar-refractivity contribution is 9.10. The van der Waals surface area contributed by atoms with E-state index in [4.69, 9.17) is 4.42 Å². The maximum absolute atomic E-state index is 13.1. The average molecular weight is 362 g/mol. The highest BCUT2D eigenvalue weighted by atomic mass is 79.9. The first-order chi connectivity index (χ1) is 10.6. The zero-order valence-electron chi connectivity index (χ0n) is 11.1. The maximum atomic E-state index is 13.1. The molecule has 1 aromatic heterocycles. The number of halogens is 2. The molecule has 0 bridgehead atoms. The van der Waals surface area contributed by atoms with E-state index in [0.717, 1.165) is 10.5 Å². The van der Waals surface area contributed by atoms with Crippen molar-refractivity contribution in [2.24, 2.45) is 0 Å². The summed E-state index contributed by atoms with van der Waals surface area (Å²) in [6, 6.07) is 12.6. The van der Waals surface area contributed by atoms with Gasteiger partial charge in [-0.2, -0.15) is 0 Å². The molecule has 0 atom stereocenters. The van der Waals surface area contributed by atoms with Gasteiger partial charge in [0.2, 0.25) is 5.89 Å². The monoisotopic (exact) mass is 361 g/mol. The first-order valence-corrected chi connectivity index (χ1v) is 7.07. The van der Waals surface area contributed by atoms with Crippen LogP contribution in [0.15, 0.2) is 57.4 Å². The minimum absolute atomic E-state index is 0.0516. The van der Waals surface area contributed by atoms with Crippen LogP contribution in [-0.2, 0) is 0 Å². The molecule has 0 saturated carbocycles. The van der Waals surface area contributed by atoms with E-state index in [0.29, 0.717) is 5.56 Å². The third kappa shape index (κ3) is 3.20. The van der Waals surface area contributed by atoms with Crippen molar-refractivity contribution in [1.82, 2.24) is 10.2 Å². The number of rotatable bonds is 3. The normalized spacial score (nSPS) is 10.5. The fourth-order valence-corrected chi connectivity index (χ4v) is 2.21. The summed E-state index contributed by atoms with van der Waals surface area (Å²) in [6.07, 6.45) is 0. The molecule has 1 amide bonds. The summed E-state index contributed by atoms with van der Waals surface area (Å²) in [5, 5.41) is 10.1. The topological polar surface area (TPSA) is 68.0 Å². The smallest absolute Gasteiger partial charge is 0.322 e. The molecular formula is C15H9BrFN3O2. The number of nitrogens with zero attached hydrogens (tertiary/aromatic N) is 2. The number of benzene rings is 2. The van der Waals surface area contributed by atoms with Crippen molar-refractivity contribution in [3.8, 4) is 11.5 Å². The van der Waals surface area contributed by atoms with Gasteiger partial charge >= 0.3 is 6.01 Å². The minimum Gasteiger partial charge on any atom is -0.403 e. The molecule has 0 radical (unpaired) electrons. The Morgan fingerprint density at radius 2 is 1.95 bits per heavy atom. The minimum atomic E-state index is -0.524. The van der Waals surface area contributed by atoms with E-state index in [9.17, 15) is 9.18 Å². The van der Waals surface area contributed by atoms with Gasteiger partial charge in [0.05, 0.1) is 0 Å². The Hall–Kier alpha value is -2.54. The third-order valence-electron chi connectivity index (χ3n) is 2.80. The molecule has 0 aliphatic rings. The number of carbonyl (C=O) groups is 1. The van der Waals surface area contributed by atoms with Gasteiger partial charge in [-0.25, -0.2) is 4.39 Å². The molecule has 0 saturated heterocycles. The number of carbonyl (C=O) groups excluding carboxylic acids is 1. The van der Waals surface area contributed by atoms with Crippen LogP contribution in [0.3, 0.4) is 0 Å². The highest BCUT2D eigenvalue weighted by Crippen LogP contribution is 2.23. The maximum Gasteiger partial charge on any atom is 0.322 e. The molecule has 0 unspecified atom stereocenters. The van der Waals surface area contributed by atoms with Gasteiger partial charge in [0.1, 0.15) is 5.82 Å². The molecule has 3 rings (SSSR count). The van der Waals surface area contributed by atoms with Gasteiger partial charge < -0.3 is 4.42 Å². The summed E-state index contributed by atoms with van der Waals surface area (Å²) in [5.41, 5.74) is 0.885. The molecule has 0 fully saturated rings. The van der Waals surface area contributed by atoms with Gasteiger partial charge in [0.25, 0.3) is 5.91 Å². The zero-order valence-corrected chi connectivity index (χ0v) is 12.7. The van der Waals surface area contributed by atoms with Crippen molar-refractivity contribution in [2.45, 2.75) is 0 Å². The first-order valence-electron chi connectivity index (χ1n) is 6.28. The Bertz CT molecular complexity index is 835. The predicted octanol–water partition coefficient (Wildman–Crippen LogP) is 3.89. The van der Waals surface area contributed by atoms with Crippen LogP contribution in [0.2, 0.25) is 0 Å². The van der Waals surface area contributed by atoms with E-state index in [1.165, 1.54) is 18.2 Å². The molecule has 3 aromatic rings. The van der Waals surface area contributed by atoms with E-state index < -0.39 is 11.7 Å². The van der Waals surface area contributed by atoms with Crippen molar-refractivity contribution >= 4 is 27.9 Å². The van der Waals surface area contributed by atoms with Crippen LogP contribution in [0.5, 0.6) is 0 Å². The molecule has 1 N–H and O–H groups in total. The number of aromatic nitrogens is 2. The standard InChI is InChI=1S/C15H9BrFN3O2/c16-11-5-1-4-10(7-11)14-19-20-15(22-14)18-13(21)9-3-2-6-12(17)8-9/h1-8H,(H,18,20,21). The Labute approximate surface area is 133 Å². The summed E-state index contributed by atoms with van der Waals surface area (Å²) in [4.78, 5) is 12.0. The predicted molar refractivity (Wildman–Crippen MR) is 81.8 cm³/mol. The molecule has 5 nitrogen and oxygen atoms in total. The van der Waals surface area contributed by atoms with Crippen LogP contribution in [0, 0.1) is 5.82 Å². The first kappa shape index (κ1) is 14.4. The summed E-state index contributed by atoms with van der Waals surface area (Å²) < 4.78 is 19.3. The van der Waals surface area contributed by atoms with Crippen LogP contribution in [0.25, 0.3) is 11.5 Å². The molecular weight excluding hydrogens is 353 g/mol. The number of nitrogens with one attached hydrogen (secondary N) is 1. The van der Waals surface area contributed by atoms with E-state index in [-0.39, 0.29) is 17.5 Å². The van der Waals surface area contributed by atoms with Gasteiger partial charge in [0.15, 0.2) is 0 Å². The lowest BCUT2D eigenvalue weighted by atomic mass is 10.2. The molecule has 2 aromatic carbocycles. The van der Waals surface area contributed by atoms with Gasteiger partial charge in [-0.05, 0) is 36.4 Å². The van der Waals surface area contributed by atoms with Gasteiger partial charge in [-0.1, -0.05) is 33.2 Å². The number of hydrogen-bond donors (Lipinski definition) is 1. The Morgan fingerprint density at radius 1 is 1.14 bits per heavy atom. The third-order valence-corrected chi connectivity index (χ3v) is 3.30. The summed E-state index contributed by atoms with van der Waals surface area (Å²) in [7, 11) is 0. The second kappa shape index (κ2) is 6.07. The van der Waals surface area contributed by atoms with Crippen molar-refractivity contribution in [3.05, 3.63) is 64.4 Å². The quantitative estimate of drug-likeness (QED) is 0.768. The highest BCUT2D eigenvalue weighted by Gasteiger charge is 2.13. The fraction of sp³-hybridized carbons (Fsp3) is 0. The van der Waals surface area contributed by atoms with Crippen molar-refractivity contribution < 1.29 is 13.6 Å².